The first-order valence-electron chi connectivity index (χ1n) is 10.5. The molecule has 3 aromatic rings. The summed E-state index contributed by atoms with van der Waals surface area (Å²) in [6.07, 6.45) is 5.34. The van der Waals surface area contributed by atoms with Crippen LogP contribution in [0.25, 0.3) is 11.4 Å². The van der Waals surface area contributed by atoms with Gasteiger partial charge in [-0.25, -0.2) is 0 Å². The van der Waals surface area contributed by atoms with Gasteiger partial charge < -0.3 is 18.9 Å². The van der Waals surface area contributed by atoms with Crippen molar-refractivity contribution in [2.45, 2.75) is 44.7 Å². The number of ether oxygens (including phenoxy) is 2. The number of rotatable bonds is 5. The van der Waals surface area contributed by atoms with Crippen LogP contribution in [0, 0.1) is 0 Å². The van der Waals surface area contributed by atoms with Gasteiger partial charge in [0, 0.05) is 22.2 Å². The fourth-order valence-corrected chi connectivity index (χ4v) is 4.26. The SMILES string of the molecule is O=C(c1ccc2c(c1)OCO2)N(Cc1nc(-c2ccc(Cl)cc2)no1)C1CCCCC1. The van der Waals surface area contributed by atoms with Gasteiger partial charge in [-0.05, 0) is 55.3 Å². The van der Waals surface area contributed by atoms with Crippen molar-refractivity contribution in [3.05, 3.63) is 58.9 Å². The van der Waals surface area contributed by atoms with Crippen molar-refractivity contribution >= 4 is 17.5 Å². The van der Waals surface area contributed by atoms with Crippen molar-refractivity contribution in [3.63, 3.8) is 0 Å². The van der Waals surface area contributed by atoms with E-state index in [9.17, 15) is 4.79 Å². The number of carbonyl (C=O) groups is 1. The van der Waals surface area contributed by atoms with E-state index in [2.05, 4.69) is 10.1 Å². The molecule has 0 radical (unpaired) electrons. The molecule has 0 unspecified atom stereocenters. The highest BCUT2D eigenvalue weighted by Crippen LogP contribution is 2.34. The van der Waals surface area contributed by atoms with Gasteiger partial charge in [0.1, 0.15) is 6.54 Å². The Labute approximate surface area is 184 Å². The molecule has 1 aliphatic heterocycles. The predicted molar refractivity (Wildman–Crippen MR) is 114 cm³/mol. The molecule has 1 amide bonds. The number of aromatic nitrogens is 2. The summed E-state index contributed by atoms with van der Waals surface area (Å²) in [5.41, 5.74) is 1.37. The van der Waals surface area contributed by atoms with Crippen molar-refractivity contribution in [3.8, 4) is 22.9 Å². The van der Waals surface area contributed by atoms with Crippen LogP contribution in [0.2, 0.25) is 5.02 Å². The van der Waals surface area contributed by atoms with Gasteiger partial charge in [-0.1, -0.05) is 36.0 Å². The summed E-state index contributed by atoms with van der Waals surface area (Å²) in [6, 6.07) is 12.7. The molecule has 8 heteroatoms. The van der Waals surface area contributed by atoms with Crippen LogP contribution in [0.5, 0.6) is 11.5 Å². The Morgan fingerprint density at radius 2 is 1.81 bits per heavy atom. The average molecular weight is 440 g/mol. The number of halogens is 1. The number of carbonyl (C=O) groups excluding carboxylic acids is 1. The Kier molecular flexibility index (Phi) is 5.51. The molecule has 0 N–H and O–H groups in total. The van der Waals surface area contributed by atoms with Crippen LogP contribution in [0.3, 0.4) is 0 Å². The summed E-state index contributed by atoms with van der Waals surface area (Å²) >= 11 is 5.96. The van der Waals surface area contributed by atoms with E-state index in [-0.39, 0.29) is 25.3 Å². The van der Waals surface area contributed by atoms with Gasteiger partial charge in [0.15, 0.2) is 11.5 Å². The maximum absolute atomic E-state index is 13.5. The lowest BCUT2D eigenvalue weighted by molar-refractivity contribution is 0.0585. The van der Waals surface area contributed by atoms with Gasteiger partial charge in [-0.15, -0.1) is 0 Å². The average Bonchev–Trinajstić information content (AvgIpc) is 3.47. The number of benzene rings is 2. The van der Waals surface area contributed by atoms with Crippen molar-refractivity contribution in [2.75, 3.05) is 6.79 Å². The zero-order chi connectivity index (χ0) is 21.2. The first-order chi connectivity index (χ1) is 15.2. The van der Waals surface area contributed by atoms with E-state index in [1.54, 1.807) is 30.3 Å². The summed E-state index contributed by atoms with van der Waals surface area (Å²) in [7, 11) is 0. The van der Waals surface area contributed by atoms with E-state index < -0.39 is 0 Å². The summed E-state index contributed by atoms with van der Waals surface area (Å²) < 4.78 is 16.3. The zero-order valence-corrected chi connectivity index (χ0v) is 17.7. The van der Waals surface area contributed by atoms with Gasteiger partial charge in [-0.2, -0.15) is 4.98 Å². The number of fused-ring (bicyclic) bond motifs is 1. The lowest BCUT2D eigenvalue weighted by Crippen LogP contribution is -2.41. The molecule has 31 heavy (non-hydrogen) atoms. The van der Waals surface area contributed by atoms with E-state index in [0.717, 1.165) is 31.2 Å². The molecule has 2 aromatic carbocycles. The monoisotopic (exact) mass is 439 g/mol. The molecule has 0 spiro atoms. The third-order valence-electron chi connectivity index (χ3n) is 5.77. The van der Waals surface area contributed by atoms with Crippen molar-refractivity contribution in [1.29, 1.82) is 0 Å². The van der Waals surface area contributed by atoms with Crippen LogP contribution in [0.15, 0.2) is 47.0 Å². The second-order valence-corrected chi connectivity index (χ2v) is 8.25. The Hall–Kier alpha value is -3.06. The number of hydrogen-bond donors (Lipinski definition) is 0. The van der Waals surface area contributed by atoms with Crippen LogP contribution in [0.1, 0.15) is 48.4 Å². The highest BCUT2D eigenvalue weighted by Gasteiger charge is 2.29. The quantitative estimate of drug-likeness (QED) is 0.550. The largest absolute Gasteiger partial charge is 0.454 e. The van der Waals surface area contributed by atoms with Crippen LogP contribution in [0.4, 0.5) is 0 Å². The zero-order valence-electron chi connectivity index (χ0n) is 16.9. The lowest BCUT2D eigenvalue weighted by atomic mass is 9.93. The van der Waals surface area contributed by atoms with E-state index in [1.165, 1.54) is 6.42 Å². The van der Waals surface area contributed by atoms with Crippen LogP contribution in [-0.4, -0.2) is 33.8 Å². The normalized spacial score (nSPS) is 15.8. The van der Waals surface area contributed by atoms with Crippen LogP contribution < -0.4 is 9.47 Å². The molecule has 160 valence electrons. The van der Waals surface area contributed by atoms with Crippen molar-refractivity contribution in [2.24, 2.45) is 0 Å². The summed E-state index contributed by atoms with van der Waals surface area (Å²) in [4.78, 5) is 19.9. The van der Waals surface area contributed by atoms with Gasteiger partial charge in [-0.3, -0.25) is 4.79 Å². The molecule has 7 nitrogen and oxygen atoms in total. The summed E-state index contributed by atoms with van der Waals surface area (Å²) in [5.74, 6) is 2.06. The number of amides is 1. The summed E-state index contributed by atoms with van der Waals surface area (Å²) in [5, 5.41) is 4.73. The molecule has 1 saturated carbocycles. The minimum atomic E-state index is -0.0727. The van der Waals surface area contributed by atoms with Crippen molar-refractivity contribution < 1.29 is 18.8 Å². The molecular weight excluding hydrogens is 418 g/mol. The molecule has 0 atom stereocenters. The Balaban J connectivity index is 1.40. The minimum Gasteiger partial charge on any atom is -0.454 e. The Morgan fingerprint density at radius 1 is 1.03 bits per heavy atom. The third-order valence-corrected chi connectivity index (χ3v) is 6.02. The summed E-state index contributed by atoms with van der Waals surface area (Å²) in [6.45, 7) is 0.438. The Morgan fingerprint density at radius 3 is 2.61 bits per heavy atom. The van der Waals surface area contributed by atoms with Crippen LogP contribution >= 0.6 is 11.6 Å². The lowest BCUT2D eigenvalue weighted by Gasteiger charge is -2.33. The minimum absolute atomic E-state index is 0.0727. The molecule has 1 fully saturated rings. The standard InChI is InChI=1S/C23H22ClN3O4/c24-17-9-6-15(7-10-17)22-25-21(31-26-22)13-27(18-4-2-1-3-5-18)23(28)16-8-11-19-20(12-16)30-14-29-19/h6-12,18H,1-5,13-14H2. The fraction of sp³-hybridized carbons (Fsp3) is 0.348. The highest BCUT2D eigenvalue weighted by molar-refractivity contribution is 6.30. The molecule has 1 aliphatic carbocycles. The van der Waals surface area contributed by atoms with E-state index >= 15 is 0 Å². The molecular formula is C23H22ClN3O4. The second-order valence-electron chi connectivity index (χ2n) is 7.81. The predicted octanol–water partition coefficient (Wildman–Crippen LogP) is 5.09. The maximum atomic E-state index is 13.5. The molecule has 1 aromatic heterocycles. The van der Waals surface area contributed by atoms with E-state index in [1.807, 2.05) is 17.0 Å². The van der Waals surface area contributed by atoms with Crippen LogP contribution in [-0.2, 0) is 6.54 Å². The fourth-order valence-electron chi connectivity index (χ4n) is 4.14. The third kappa shape index (κ3) is 4.23. The van der Waals surface area contributed by atoms with Gasteiger partial charge in [0.2, 0.25) is 18.5 Å². The second kappa shape index (κ2) is 8.59. The smallest absolute Gasteiger partial charge is 0.254 e. The molecule has 5 rings (SSSR count). The van der Waals surface area contributed by atoms with E-state index in [0.29, 0.717) is 33.8 Å². The Bertz CT molecular complexity index is 1080. The van der Waals surface area contributed by atoms with Crippen molar-refractivity contribution in [1.82, 2.24) is 15.0 Å². The van der Waals surface area contributed by atoms with Gasteiger partial charge in [0.25, 0.3) is 5.91 Å². The van der Waals surface area contributed by atoms with E-state index in [4.69, 9.17) is 25.6 Å². The highest BCUT2D eigenvalue weighted by atomic mass is 35.5. The maximum Gasteiger partial charge on any atom is 0.254 e. The molecule has 0 saturated heterocycles. The molecule has 2 heterocycles. The first kappa shape index (κ1) is 19.9. The number of hydrogen-bond acceptors (Lipinski definition) is 6. The molecule has 0 bridgehead atoms. The number of nitrogens with zero attached hydrogens (tertiary/aromatic N) is 3. The topological polar surface area (TPSA) is 77.7 Å². The van der Waals surface area contributed by atoms with Gasteiger partial charge >= 0.3 is 0 Å². The van der Waals surface area contributed by atoms with Gasteiger partial charge in [0.05, 0.1) is 0 Å². The molecule has 2 aliphatic rings. The first-order valence-corrected chi connectivity index (χ1v) is 10.8.